The molecular formula is C35H31ClN6Na2O8S2. The van der Waals surface area contributed by atoms with Gasteiger partial charge in [0.15, 0.2) is 5.75 Å². The number of hydrogen-bond acceptors (Lipinski definition) is 10. The zero-order valence-corrected chi connectivity index (χ0v) is 35.7. The third-order valence-electron chi connectivity index (χ3n) is 8.03. The van der Waals surface area contributed by atoms with Gasteiger partial charge in [-0.15, -0.1) is 10.2 Å². The van der Waals surface area contributed by atoms with Crippen molar-refractivity contribution in [2.45, 2.75) is 42.4 Å². The predicted octanol–water partition coefficient (Wildman–Crippen LogP) is 7.94. The average Bonchev–Trinajstić information content (AvgIpc) is 3.45. The summed E-state index contributed by atoms with van der Waals surface area (Å²) >= 11 is 6.48. The number of nitrogens with one attached hydrogen (secondary N) is 1. The summed E-state index contributed by atoms with van der Waals surface area (Å²) in [6.07, 6.45) is 3.21. The van der Waals surface area contributed by atoms with Crippen molar-refractivity contribution >= 4 is 141 Å². The molecule has 1 heterocycles. The third-order valence-corrected chi connectivity index (χ3v) is 10.1. The number of benzene rings is 5. The quantitative estimate of drug-likeness (QED) is 0.0201. The number of imidazole rings is 1. The molecule has 0 aliphatic heterocycles. The Morgan fingerprint density at radius 2 is 1.54 bits per heavy atom. The van der Waals surface area contributed by atoms with Gasteiger partial charge in [-0.2, -0.15) is 16.8 Å². The number of halogens is 1. The second-order valence-electron chi connectivity index (χ2n) is 11.6. The van der Waals surface area contributed by atoms with Gasteiger partial charge in [-0.1, -0.05) is 67.8 Å². The SMILES string of the molecule is CCCCCc1nc2ccc3cc(S(=O)(=O)O)c(N=Nc4cc(N=C(O)c5ccccc5)ccc4S(=O)(=O)O)c(O)c3c2n1Nc1ccccc1Cl.[Na].[Na]. The topological polar surface area (TPSA) is 216 Å². The number of aromatic hydroxyl groups is 1. The van der Waals surface area contributed by atoms with Crippen LogP contribution in [0.3, 0.4) is 0 Å². The molecule has 0 aliphatic rings. The molecule has 1 aromatic heterocycles. The van der Waals surface area contributed by atoms with Crippen LogP contribution in [0.2, 0.25) is 5.02 Å². The van der Waals surface area contributed by atoms with Gasteiger partial charge >= 0.3 is 0 Å². The van der Waals surface area contributed by atoms with Crippen LogP contribution < -0.4 is 5.43 Å². The fourth-order valence-electron chi connectivity index (χ4n) is 5.58. The number of phenols is 1. The molecule has 0 atom stereocenters. The van der Waals surface area contributed by atoms with Crippen molar-refractivity contribution in [2.24, 2.45) is 15.2 Å². The van der Waals surface area contributed by atoms with Gasteiger partial charge in [-0.25, -0.2) is 14.7 Å². The van der Waals surface area contributed by atoms with Crippen molar-refractivity contribution in [1.82, 2.24) is 9.66 Å². The van der Waals surface area contributed by atoms with E-state index in [-0.39, 0.29) is 75.6 Å². The number of aliphatic hydroxyl groups excluding tert-OH is 1. The van der Waals surface area contributed by atoms with Crippen LogP contribution in [-0.2, 0) is 26.7 Å². The maximum absolute atomic E-state index is 12.7. The number of aryl methyl sites for hydroxylation is 1. The number of nitrogens with zero attached hydrogens (tertiary/aromatic N) is 5. The number of rotatable bonds is 12. The molecule has 5 aromatic carbocycles. The molecule has 5 N–H and O–H groups in total. The molecule has 6 rings (SSSR count). The zero-order valence-electron chi connectivity index (χ0n) is 29.3. The maximum atomic E-state index is 12.7. The maximum Gasteiger partial charge on any atom is 0.296 e. The van der Waals surface area contributed by atoms with Crippen molar-refractivity contribution in [3.8, 4) is 5.75 Å². The largest absolute Gasteiger partial charge is 0.505 e. The first-order valence-corrected chi connectivity index (χ1v) is 19.1. The summed E-state index contributed by atoms with van der Waals surface area (Å²) in [7, 11) is -9.98. The minimum absolute atomic E-state index is 0. The third kappa shape index (κ3) is 9.52. The van der Waals surface area contributed by atoms with Gasteiger partial charge in [-0.05, 0) is 66.4 Å². The summed E-state index contributed by atoms with van der Waals surface area (Å²) in [5.74, 6) is -0.554. The molecule has 0 amide bonds. The van der Waals surface area contributed by atoms with Crippen molar-refractivity contribution in [3.05, 3.63) is 107 Å². The molecule has 0 bridgehead atoms. The summed E-state index contributed by atoms with van der Waals surface area (Å²) in [4.78, 5) is 7.30. The van der Waals surface area contributed by atoms with Crippen LogP contribution in [0, 0.1) is 0 Å². The molecule has 14 nitrogen and oxygen atoms in total. The molecule has 19 heteroatoms. The van der Waals surface area contributed by atoms with Crippen molar-refractivity contribution in [2.75, 3.05) is 5.43 Å². The molecule has 2 radical (unpaired) electrons. The van der Waals surface area contributed by atoms with E-state index >= 15 is 0 Å². The molecule has 6 aromatic rings. The number of azo groups is 1. The Morgan fingerprint density at radius 1 is 0.852 bits per heavy atom. The fourth-order valence-corrected chi connectivity index (χ4v) is 7.02. The predicted molar refractivity (Wildman–Crippen MR) is 210 cm³/mol. The normalized spacial score (nSPS) is 12.2. The van der Waals surface area contributed by atoms with Crippen LogP contribution in [0.5, 0.6) is 5.75 Å². The smallest absolute Gasteiger partial charge is 0.296 e. The summed E-state index contributed by atoms with van der Waals surface area (Å²) in [5, 5.41) is 30.8. The number of aromatic nitrogens is 2. The monoisotopic (exact) mass is 808 g/mol. The average molecular weight is 809 g/mol. The van der Waals surface area contributed by atoms with Gasteiger partial charge in [0.2, 0.25) is 5.90 Å². The standard InChI is InChI=1S/C35H31ClN6O8S2.2Na/c1-2-3-5-14-30-38-26-17-15-22-19-29(52(48,49)50)32(34(43)31(22)33(26)42(30)41-25-13-9-8-12-24(25)36)40-39-27-20-23(16-18-28(27)51(45,46)47)37-35(44)21-10-6-4-7-11-21;;/h4,6-13,15-20,41,43H,2-3,5,14H2,1H3,(H,37,44)(H,45,46,47)(H,48,49,50);;. The van der Waals surface area contributed by atoms with Gasteiger partial charge in [0, 0.05) is 71.1 Å². The van der Waals surface area contributed by atoms with Gasteiger partial charge in [0.25, 0.3) is 20.2 Å². The number of aliphatic imine (C=N–C) groups is 1. The van der Waals surface area contributed by atoms with E-state index in [1.807, 2.05) is 0 Å². The first kappa shape index (κ1) is 43.3. The molecule has 270 valence electrons. The van der Waals surface area contributed by atoms with Gasteiger partial charge in [-0.3, -0.25) is 14.5 Å². The second kappa shape index (κ2) is 18.0. The van der Waals surface area contributed by atoms with E-state index in [0.29, 0.717) is 39.6 Å². The number of hydrogen-bond donors (Lipinski definition) is 5. The Kier molecular flexibility index (Phi) is 14.5. The number of anilines is 1. The Morgan fingerprint density at radius 3 is 2.20 bits per heavy atom. The van der Waals surface area contributed by atoms with Crippen LogP contribution in [0.1, 0.15) is 37.6 Å². The first-order valence-electron chi connectivity index (χ1n) is 15.8. The summed E-state index contributed by atoms with van der Waals surface area (Å²) in [6.45, 7) is 2.07. The molecule has 0 saturated carbocycles. The number of phenolic OH excluding ortho intramolecular Hbond substituents is 1. The summed E-state index contributed by atoms with van der Waals surface area (Å²) in [6, 6.07) is 22.7. The summed E-state index contributed by atoms with van der Waals surface area (Å²) < 4.78 is 71.8. The Bertz CT molecular complexity index is 2620. The minimum atomic E-state index is -5.06. The van der Waals surface area contributed by atoms with E-state index in [4.69, 9.17) is 16.6 Å². The Labute approximate surface area is 360 Å². The van der Waals surface area contributed by atoms with Gasteiger partial charge < -0.3 is 10.2 Å². The number of fused-ring (bicyclic) bond motifs is 3. The van der Waals surface area contributed by atoms with Gasteiger partial charge in [0.1, 0.15) is 32.5 Å². The molecule has 54 heavy (non-hydrogen) atoms. The van der Waals surface area contributed by atoms with E-state index < -0.39 is 53.0 Å². The Balaban J connectivity index is 0.00000325. The minimum Gasteiger partial charge on any atom is -0.505 e. The van der Waals surface area contributed by atoms with Crippen LogP contribution in [0.4, 0.5) is 22.7 Å². The van der Waals surface area contributed by atoms with Crippen LogP contribution in [-0.4, -0.2) is 111 Å². The van der Waals surface area contributed by atoms with Crippen LogP contribution >= 0.6 is 11.6 Å². The zero-order chi connectivity index (χ0) is 37.2. The van der Waals surface area contributed by atoms with E-state index in [9.17, 15) is 36.2 Å². The van der Waals surface area contributed by atoms with Crippen molar-refractivity contribution < 1.29 is 36.2 Å². The van der Waals surface area contributed by atoms with E-state index in [0.717, 1.165) is 37.5 Å². The van der Waals surface area contributed by atoms with E-state index in [1.54, 1.807) is 65.3 Å². The molecule has 0 fully saturated rings. The first-order chi connectivity index (χ1) is 24.8. The van der Waals surface area contributed by atoms with Gasteiger partial charge in [0.05, 0.1) is 27.3 Å². The molecule has 0 saturated heterocycles. The van der Waals surface area contributed by atoms with E-state index in [1.165, 1.54) is 12.1 Å². The van der Waals surface area contributed by atoms with Crippen LogP contribution in [0.15, 0.2) is 116 Å². The summed E-state index contributed by atoms with van der Waals surface area (Å²) in [5.41, 5.74) is 3.61. The molecule has 0 unspecified atom stereocenters. The number of unbranched alkanes of at least 4 members (excludes halogenated alkanes) is 2. The fraction of sp³-hybridized carbons (Fsp3) is 0.143. The molecular weight excluding hydrogens is 778 g/mol. The van der Waals surface area contributed by atoms with Crippen molar-refractivity contribution in [1.29, 1.82) is 0 Å². The number of para-hydroxylation sites is 1. The Hall–Kier alpha value is -3.39. The molecule has 0 aliphatic carbocycles. The number of aliphatic hydroxyl groups is 1. The second-order valence-corrected chi connectivity index (χ2v) is 14.8. The van der Waals surface area contributed by atoms with Crippen LogP contribution in [0.25, 0.3) is 21.8 Å². The van der Waals surface area contributed by atoms with E-state index in [2.05, 4.69) is 27.6 Å². The van der Waals surface area contributed by atoms with Crippen molar-refractivity contribution in [3.63, 3.8) is 0 Å². The molecule has 0 spiro atoms.